The number of piperidine rings is 1. The number of nitrogens with one attached hydrogen (secondary N) is 1. The van der Waals surface area contributed by atoms with Crippen molar-refractivity contribution >= 4 is 23.2 Å². The van der Waals surface area contributed by atoms with Gasteiger partial charge in [0, 0.05) is 36.3 Å². The van der Waals surface area contributed by atoms with Gasteiger partial charge in [-0.15, -0.1) is 0 Å². The van der Waals surface area contributed by atoms with Crippen LogP contribution in [-0.2, 0) is 5.60 Å². The first-order valence-corrected chi connectivity index (χ1v) is 8.72. The molecule has 3 rings (SSSR count). The van der Waals surface area contributed by atoms with Crippen LogP contribution in [0.2, 0.25) is 5.02 Å². The van der Waals surface area contributed by atoms with Crippen LogP contribution in [0.3, 0.4) is 0 Å². The Hall–Kier alpha value is -1.85. The van der Waals surface area contributed by atoms with Gasteiger partial charge in [-0.1, -0.05) is 29.8 Å². The number of aliphatic hydroxyl groups is 1. The Balaban J connectivity index is 1.69. The van der Waals surface area contributed by atoms with Crippen molar-refractivity contribution in [2.75, 3.05) is 29.9 Å². The average Bonchev–Trinajstić information content (AvgIpc) is 2.61. The van der Waals surface area contributed by atoms with E-state index in [2.05, 4.69) is 20.2 Å². The van der Waals surface area contributed by atoms with Crippen LogP contribution in [0, 0.1) is 0 Å². The maximum Gasteiger partial charge on any atom is 0.134 e. The van der Waals surface area contributed by atoms with Gasteiger partial charge in [0.15, 0.2) is 0 Å². The molecule has 1 unspecified atom stereocenters. The first-order valence-electron chi connectivity index (χ1n) is 8.34. The number of anilines is 2. The fraction of sp³-hybridized carbons (Fsp3) is 0.444. The zero-order valence-electron chi connectivity index (χ0n) is 13.9. The van der Waals surface area contributed by atoms with Gasteiger partial charge in [0.25, 0.3) is 0 Å². The van der Waals surface area contributed by atoms with E-state index in [9.17, 15) is 5.11 Å². The van der Waals surface area contributed by atoms with Crippen LogP contribution < -0.4 is 10.2 Å². The molecule has 0 saturated carbocycles. The van der Waals surface area contributed by atoms with Crippen molar-refractivity contribution in [2.45, 2.75) is 31.8 Å². The van der Waals surface area contributed by atoms with Crippen LogP contribution in [-0.4, -0.2) is 34.7 Å². The molecule has 2 N–H and O–H groups in total. The van der Waals surface area contributed by atoms with Crippen molar-refractivity contribution < 1.29 is 5.11 Å². The summed E-state index contributed by atoms with van der Waals surface area (Å²) in [4.78, 5) is 10.9. The summed E-state index contributed by atoms with van der Waals surface area (Å²) < 4.78 is 0. The number of halogens is 1. The summed E-state index contributed by atoms with van der Waals surface area (Å²) in [7, 11) is 0. The molecule has 1 atom stereocenters. The average molecular weight is 347 g/mol. The van der Waals surface area contributed by atoms with E-state index >= 15 is 0 Å². The van der Waals surface area contributed by atoms with Crippen molar-refractivity contribution in [3.8, 4) is 0 Å². The molecule has 1 aromatic heterocycles. The summed E-state index contributed by atoms with van der Waals surface area (Å²) in [5.74, 6) is 1.64. The monoisotopic (exact) mass is 346 g/mol. The van der Waals surface area contributed by atoms with Gasteiger partial charge < -0.3 is 15.3 Å². The van der Waals surface area contributed by atoms with E-state index in [4.69, 9.17) is 11.6 Å². The van der Waals surface area contributed by atoms with Crippen LogP contribution in [0.25, 0.3) is 0 Å². The molecule has 1 aromatic carbocycles. The molecule has 0 spiro atoms. The highest BCUT2D eigenvalue weighted by Gasteiger charge is 2.25. The molecule has 2 heterocycles. The molecule has 0 radical (unpaired) electrons. The highest BCUT2D eigenvalue weighted by Crippen LogP contribution is 2.28. The first-order chi connectivity index (χ1) is 11.6. The van der Waals surface area contributed by atoms with Gasteiger partial charge in [-0.2, -0.15) is 0 Å². The van der Waals surface area contributed by atoms with Crippen molar-refractivity contribution in [1.82, 2.24) is 9.97 Å². The zero-order chi connectivity index (χ0) is 17.0. The molecule has 1 fully saturated rings. The Labute approximate surface area is 147 Å². The van der Waals surface area contributed by atoms with Gasteiger partial charge in [-0.3, -0.25) is 0 Å². The summed E-state index contributed by atoms with van der Waals surface area (Å²) in [5.41, 5.74) is -0.390. The normalized spacial score (nSPS) is 17.4. The fourth-order valence-electron chi connectivity index (χ4n) is 3.00. The lowest BCUT2D eigenvalue weighted by atomic mass is 9.96. The zero-order valence-corrected chi connectivity index (χ0v) is 14.6. The summed E-state index contributed by atoms with van der Waals surface area (Å²) in [6.07, 6.45) is 5.26. The summed E-state index contributed by atoms with van der Waals surface area (Å²) in [5, 5.41) is 14.5. The molecule has 0 amide bonds. The molecule has 0 bridgehead atoms. The molecule has 6 heteroatoms. The van der Waals surface area contributed by atoms with Gasteiger partial charge >= 0.3 is 0 Å². The van der Waals surface area contributed by atoms with Crippen LogP contribution in [0.5, 0.6) is 0 Å². The Bertz CT molecular complexity index is 686. The number of hydrogen-bond acceptors (Lipinski definition) is 5. The number of benzene rings is 1. The Morgan fingerprint density at radius 2 is 1.96 bits per heavy atom. The Kier molecular flexibility index (Phi) is 5.21. The molecular formula is C18H23ClN4O. The molecule has 5 nitrogen and oxygen atoms in total. The maximum absolute atomic E-state index is 10.7. The topological polar surface area (TPSA) is 61.3 Å². The molecule has 1 aliphatic rings. The second kappa shape index (κ2) is 7.36. The smallest absolute Gasteiger partial charge is 0.134 e. The minimum atomic E-state index is -1.09. The minimum Gasteiger partial charge on any atom is -0.384 e. The lowest BCUT2D eigenvalue weighted by molar-refractivity contribution is 0.0715. The van der Waals surface area contributed by atoms with E-state index in [-0.39, 0.29) is 0 Å². The molecule has 24 heavy (non-hydrogen) atoms. The summed E-state index contributed by atoms with van der Waals surface area (Å²) >= 11 is 6.20. The lowest BCUT2D eigenvalue weighted by Crippen LogP contribution is -2.32. The minimum absolute atomic E-state index is 0.313. The first kappa shape index (κ1) is 17.0. The predicted octanol–water partition coefficient (Wildman–Crippen LogP) is 3.44. The fourth-order valence-corrected chi connectivity index (χ4v) is 3.33. The number of hydrogen-bond donors (Lipinski definition) is 2. The number of nitrogens with zero attached hydrogens (tertiary/aromatic N) is 3. The van der Waals surface area contributed by atoms with Gasteiger partial charge in [-0.25, -0.2) is 9.97 Å². The van der Waals surface area contributed by atoms with E-state index < -0.39 is 5.60 Å². The Morgan fingerprint density at radius 1 is 1.21 bits per heavy atom. The lowest BCUT2D eigenvalue weighted by Gasteiger charge is -2.28. The quantitative estimate of drug-likeness (QED) is 0.868. The molecule has 0 aliphatic carbocycles. The van der Waals surface area contributed by atoms with Crippen LogP contribution in [0.15, 0.2) is 36.7 Å². The van der Waals surface area contributed by atoms with Gasteiger partial charge in [0.1, 0.15) is 23.6 Å². The predicted molar refractivity (Wildman–Crippen MR) is 97.6 cm³/mol. The molecule has 2 aromatic rings. The van der Waals surface area contributed by atoms with E-state index in [0.717, 1.165) is 18.9 Å². The summed E-state index contributed by atoms with van der Waals surface area (Å²) in [6, 6.07) is 9.28. The van der Waals surface area contributed by atoms with Crippen molar-refractivity contribution in [3.05, 3.63) is 47.2 Å². The van der Waals surface area contributed by atoms with Gasteiger partial charge in [0.05, 0.1) is 0 Å². The van der Waals surface area contributed by atoms with Crippen molar-refractivity contribution in [2.24, 2.45) is 0 Å². The standard InChI is InChI=1S/C18H23ClN4O/c1-18(24,14-7-3-4-8-15(14)19)12-20-16-11-17(22-13-21-16)23-9-5-2-6-10-23/h3-4,7-8,11,13,24H,2,5-6,9-10,12H2,1H3,(H,20,21,22). The van der Waals surface area contributed by atoms with E-state index in [0.29, 0.717) is 22.9 Å². The third-order valence-corrected chi connectivity index (χ3v) is 4.73. The molecular weight excluding hydrogens is 324 g/mol. The van der Waals surface area contributed by atoms with Crippen LogP contribution >= 0.6 is 11.6 Å². The maximum atomic E-state index is 10.7. The molecule has 128 valence electrons. The molecule has 1 aliphatic heterocycles. The van der Waals surface area contributed by atoms with E-state index in [1.807, 2.05) is 24.3 Å². The SMILES string of the molecule is CC(O)(CNc1cc(N2CCCCC2)ncn1)c1ccccc1Cl. The van der Waals surface area contributed by atoms with Gasteiger partial charge in [0.2, 0.25) is 0 Å². The van der Waals surface area contributed by atoms with Gasteiger partial charge in [-0.05, 0) is 32.3 Å². The highest BCUT2D eigenvalue weighted by atomic mass is 35.5. The second-order valence-electron chi connectivity index (χ2n) is 6.42. The van der Waals surface area contributed by atoms with Crippen LogP contribution in [0.1, 0.15) is 31.7 Å². The number of aromatic nitrogens is 2. The van der Waals surface area contributed by atoms with Crippen molar-refractivity contribution in [3.63, 3.8) is 0 Å². The van der Waals surface area contributed by atoms with E-state index in [1.165, 1.54) is 19.3 Å². The second-order valence-corrected chi connectivity index (χ2v) is 6.82. The summed E-state index contributed by atoms with van der Waals surface area (Å²) in [6.45, 7) is 4.13. The van der Waals surface area contributed by atoms with E-state index in [1.54, 1.807) is 19.3 Å². The largest absolute Gasteiger partial charge is 0.384 e. The van der Waals surface area contributed by atoms with Crippen molar-refractivity contribution in [1.29, 1.82) is 0 Å². The van der Waals surface area contributed by atoms with Crippen LogP contribution in [0.4, 0.5) is 11.6 Å². The third kappa shape index (κ3) is 3.97. The number of rotatable bonds is 5. The highest BCUT2D eigenvalue weighted by molar-refractivity contribution is 6.31. The Morgan fingerprint density at radius 3 is 2.71 bits per heavy atom. The third-order valence-electron chi connectivity index (χ3n) is 4.40. The molecule has 1 saturated heterocycles.